The van der Waals surface area contributed by atoms with E-state index in [0.29, 0.717) is 37.0 Å². The number of hydrogen-bond donors (Lipinski definition) is 3. The number of likely N-dealkylation sites (N-methyl/N-ethyl adjacent to an activating group) is 1. The number of nitrogens with zero attached hydrogens (tertiary/aromatic N) is 1. The highest BCUT2D eigenvalue weighted by Gasteiger charge is 2.74. The number of aliphatic carboxylic acids is 1. The SMILES string of the molecule is CC(=O)[C@@H](N)CC(=O)OC1=CC[C@@]2(OC(=O)C[C@H](N)C(=O)O)[C@H]3Cc4ccc(C=O)c5c4[C@@]2(CCN3C)[C@H]1O5. The maximum absolute atomic E-state index is 13.2. The van der Waals surface area contributed by atoms with E-state index in [4.69, 9.17) is 25.7 Å². The number of Topliss-reactive ketones (excluding diaryl/α,β-unsaturated/α-hetero) is 1. The van der Waals surface area contributed by atoms with E-state index in [-0.39, 0.29) is 30.4 Å². The lowest BCUT2D eigenvalue weighted by atomic mass is 9.50. The molecule has 39 heavy (non-hydrogen) atoms. The van der Waals surface area contributed by atoms with Gasteiger partial charge in [-0.3, -0.25) is 28.9 Å². The normalized spacial score (nSPS) is 29.7. The molecule has 5 rings (SSSR count). The van der Waals surface area contributed by atoms with Gasteiger partial charge in [0.25, 0.3) is 0 Å². The second-order valence-electron chi connectivity index (χ2n) is 10.8. The van der Waals surface area contributed by atoms with Crippen molar-refractivity contribution in [3.63, 3.8) is 0 Å². The summed E-state index contributed by atoms with van der Waals surface area (Å²) < 4.78 is 18.4. The molecule has 2 aliphatic carbocycles. The molecule has 0 aromatic heterocycles. The highest BCUT2D eigenvalue weighted by Crippen LogP contribution is 2.65. The lowest BCUT2D eigenvalue weighted by molar-refractivity contribution is -0.206. The average molecular weight is 542 g/mol. The van der Waals surface area contributed by atoms with Gasteiger partial charge in [0.15, 0.2) is 12.4 Å². The predicted molar refractivity (Wildman–Crippen MR) is 134 cm³/mol. The Morgan fingerprint density at radius 1 is 1.21 bits per heavy atom. The van der Waals surface area contributed by atoms with E-state index in [2.05, 4.69) is 4.90 Å². The van der Waals surface area contributed by atoms with Gasteiger partial charge in [-0.2, -0.15) is 0 Å². The molecule has 2 aliphatic heterocycles. The fraction of sp³-hybridized carbons (Fsp3) is 0.519. The highest BCUT2D eigenvalue weighted by molar-refractivity contribution is 5.87. The molecule has 1 spiro atoms. The molecule has 0 radical (unpaired) electrons. The Morgan fingerprint density at radius 2 is 1.92 bits per heavy atom. The maximum Gasteiger partial charge on any atom is 0.321 e. The minimum absolute atomic E-state index is 0.140. The number of carboxylic acids is 1. The van der Waals surface area contributed by atoms with Crippen LogP contribution in [0.1, 0.15) is 54.1 Å². The van der Waals surface area contributed by atoms with Gasteiger partial charge in [0.1, 0.15) is 28.9 Å². The summed E-state index contributed by atoms with van der Waals surface area (Å²) >= 11 is 0. The van der Waals surface area contributed by atoms with Crippen LogP contribution in [0.25, 0.3) is 0 Å². The van der Waals surface area contributed by atoms with E-state index in [1.807, 2.05) is 13.1 Å². The fourth-order valence-corrected chi connectivity index (χ4v) is 6.74. The van der Waals surface area contributed by atoms with Crippen molar-refractivity contribution in [2.45, 2.75) is 74.3 Å². The zero-order valence-electron chi connectivity index (χ0n) is 21.7. The summed E-state index contributed by atoms with van der Waals surface area (Å²) in [7, 11) is 1.93. The minimum atomic E-state index is -1.44. The first-order valence-electron chi connectivity index (χ1n) is 12.8. The summed E-state index contributed by atoms with van der Waals surface area (Å²) in [6.45, 7) is 1.88. The molecule has 0 amide bonds. The first kappa shape index (κ1) is 27.0. The summed E-state index contributed by atoms with van der Waals surface area (Å²) in [6.07, 6.45) is 1.61. The monoisotopic (exact) mass is 541 g/mol. The van der Waals surface area contributed by atoms with Crippen LogP contribution >= 0.6 is 0 Å². The molecule has 208 valence electrons. The van der Waals surface area contributed by atoms with Crippen molar-refractivity contribution in [2.75, 3.05) is 13.6 Å². The van der Waals surface area contributed by atoms with Gasteiger partial charge in [0.05, 0.1) is 35.9 Å². The molecule has 1 fully saturated rings. The standard InChI is InChI=1S/C27H31N3O9/c1-13(32)16(28)10-20(33)37-18-5-6-27(39-21(34)11-17(29)25(35)36)19-9-14-3-4-15(12-31)23-22(14)26(27,24(18)38-23)7-8-30(19)2/h3-5,12,16-17,19,24H,6-11,28-29H2,1-2H3,(H,35,36)/t16-,17-,19+,24-,26-,27+/m0/s1. The zero-order valence-corrected chi connectivity index (χ0v) is 21.7. The van der Waals surface area contributed by atoms with Crippen LogP contribution in [-0.4, -0.2) is 83.4 Å². The largest absolute Gasteiger partial charge is 0.480 e. The predicted octanol–water partition coefficient (Wildman–Crippen LogP) is -0.0207. The third-order valence-electron chi connectivity index (χ3n) is 8.63. The van der Waals surface area contributed by atoms with Gasteiger partial charge in [-0.15, -0.1) is 0 Å². The number of carboxylic acid groups (broad SMARTS) is 1. The van der Waals surface area contributed by atoms with Crippen LogP contribution in [0, 0.1) is 0 Å². The summed E-state index contributed by atoms with van der Waals surface area (Å²) in [4.78, 5) is 63.0. The number of likely N-dealkylation sites (tertiary alicyclic amines) is 1. The van der Waals surface area contributed by atoms with Gasteiger partial charge in [-0.1, -0.05) is 6.07 Å². The Bertz CT molecular complexity index is 1310. The van der Waals surface area contributed by atoms with Gasteiger partial charge in [0.2, 0.25) is 0 Å². The Labute approximate surface area is 224 Å². The van der Waals surface area contributed by atoms with Crippen LogP contribution < -0.4 is 16.2 Å². The van der Waals surface area contributed by atoms with Crippen molar-refractivity contribution in [1.29, 1.82) is 0 Å². The van der Waals surface area contributed by atoms with E-state index >= 15 is 0 Å². The number of carbonyl (C=O) groups excluding carboxylic acids is 4. The molecule has 12 nitrogen and oxygen atoms in total. The van der Waals surface area contributed by atoms with E-state index in [1.54, 1.807) is 12.1 Å². The number of aldehydes is 1. The molecule has 12 heteroatoms. The molecule has 1 aromatic carbocycles. The van der Waals surface area contributed by atoms with Crippen molar-refractivity contribution >= 4 is 30.0 Å². The van der Waals surface area contributed by atoms with Crippen LogP contribution in [0.4, 0.5) is 0 Å². The lowest BCUT2D eigenvalue weighted by Crippen LogP contribution is -2.75. The molecule has 1 aromatic rings. The Kier molecular flexibility index (Phi) is 6.60. The van der Waals surface area contributed by atoms with Crippen molar-refractivity contribution in [1.82, 2.24) is 4.90 Å². The third kappa shape index (κ3) is 3.97. The van der Waals surface area contributed by atoms with Gasteiger partial charge in [-0.25, -0.2) is 0 Å². The number of ether oxygens (including phenoxy) is 3. The number of piperidine rings is 1. The van der Waals surface area contributed by atoms with Gasteiger partial charge < -0.3 is 30.8 Å². The summed E-state index contributed by atoms with van der Waals surface area (Å²) in [5.74, 6) is -2.63. The molecule has 0 unspecified atom stereocenters. The van der Waals surface area contributed by atoms with Crippen LogP contribution in [0.5, 0.6) is 5.75 Å². The third-order valence-corrected chi connectivity index (χ3v) is 8.63. The van der Waals surface area contributed by atoms with E-state index in [0.717, 1.165) is 11.1 Å². The summed E-state index contributed by atoms with van der Waals surface area (Å²) in [5, 5.41) is 9.24. The van der Waals surface area contributed by atoms with E-state index in [9.17, 15) is 29.1 Å². The Morgan fingerprint density at radius 3 is 2.59 bits per heavy atom. The number of ketones is 1. The number of rotatable bonds is 9. The smallest absolute Gasteiger partial charge is 0.321 e. The zero-order chi connectivity index (χ0) is 28.3. The number of hydrogen-bond acceptors (Lipinski definition) is 11. The first-order valence-corrected chi connectivity index (χ1v) is 12.8. The summed E-state index contributed by atoms with van der Waals surface area (Å²) in [5.41, 5.74) is 11.1. The Balaban J connectivity index is 1.63. The van der Waals surface area contributed by atoms with Crippen LogP contribution in [0.15, 0.2) is 24.0 Å². The average Bonchev–Trinajstić information content (AvgIpc) is 3.23. The molecule has 4 aliphatic rings. The first-order chi connectivity index (χ1) is 18.4. The topological polar surface area (TPSA) is 189 Å². The molecule has 0 saturated carbocycles. The van der Waals surface area contributed by atoms with Gasteiger partial charge in [-0.05, 0) is 51.1 Å². The molecule has 2 heterocycles. The van der Waals surface area contributed by atoms with Gasteiger partial charge >= 0.3 is 17.9 Å². The van der Waals surface area contributed by atoms with E-state index < -0.39 is 53.5 Å². The molecular formula is C27H31N3O9. The minimum Gasteiger partial charge on any atom is -0.480 e. The molecule has 1 saturated heterocycles. The van der Waals surface area contributed by atoms with Gasteiger partial charge in [0, 0.05) is 12.0 Å². The van der Waals surface area contributed by atoms with Crippen molar-refractivity contribution < 1.29 is 43.3 Å². The number of nitrogens with two attached hydrogens (primary N) is 2. The summed E-state index contributed by atoms with van der Waals surface area (Å²) in [6, 6.07) is 0.772. The van der Waals surface area contributed by atoms with Crippen LogP contribution in [0.3, 0.4) is 0 Å². The van der Waals surface area contributed by atoms with Crippen LogP contribution in [0.2, 0.25) is 0 Å². The number of benzene rings is 1. The number of esters is 2. The lowest BCUT2D eigenvalue weighted by Gasteiger charge is -2.62. The fourth-order valence-electron chi connectivity index (χ4n) is 6.74. The molecule has 2 bridgehead atoms. The maximum atomic E-state index is 13.2. The van der Waals surface area contributed by atoms with Crippen molar-refractivity contribution in [3.05, 3.63) is 40.7 Å². The molecule has 6 atom stereocenters. The highest BCUT2D eigenvalue weighted by atomic mass is 16.6. The second-order valence-corrected chi connectivity index (χ2v) is 10.8. The van der Waals surface area contributed by atoms with Crippen molar-refractivity contribution in [2.24, 2.45) is 11.5 Å². The Hall–Kier alpha value is -3.61. The van der Waals surface area contributed by atoms with Crippen molar-refractivity contribution in [3.8, 4) is 5.75 Å². The van der Waals surface area contributed by atoms with Crippen LogP contribution in [-0.2, 0) is 40.5 Å². The van der Waals surface area contributed by atoms with E-state index in [1.165, 1.54) is 6.92 Å². The second kappa shape index (κ2) is 9.54. The molecular weight excluding hydrogens is 510 g/mol. The quantitative estimate of drug-likeness (QED) is 0.280. The molecule has 5 N–H and O–H groups in total. The number of carbonyl (C=O) groups is 5.